The van der Waals surface area contributed by atoms with Crippen LogP contribution >= 0.6 is 0 Å². The number of hydrogen-bond acceptors (Lipinski definition) is 1. The predicted molar refractivity (Wildman–Crippen MR) is 83.4 cm³/mol. The molecule has 0 aromatic carbocycles. The molecule has 1 nitrogen and oxygen atoms in total. The first-order chi connectivity index (χ1) is 9.43. The second-order valence-corrected chi connectivity index (χ2v) is 5.86. The van der Waals surface area contributed by atoms with Crippen LogP contribution < -0.4 is 0 Å². The quantitative estimate of drug-likeness (QED) is 0.556. The highest BCUT2D eigenvalue weighted by atomic mass is 16.5. The lowest BCUT2D eigenvalue weighted by Crippen LogP contribution is -2.01. The standard InChI is InChI=1S/C18H32O/c1-2-13-18-14-9-7-5-3-4-6-8-11-16-19-17-12-10-15-18/h13,18H,1,3-12,14-17H2. The Morgan fingerprint density at radius 2 is 1.21 bits per heavy atom. The van der Waals surface area contributed by atoms with Gasteiger partial charge in [-0.1, -0.05) is 57.9 Å². The first-order valence-electron chi connectivity index (χ1n) is 8.37. The molecule has 1 rings (SSSR count). The van der Waals surface area contributed by atoms with E-state index in [2.05, 4.69) is 18.4 Å². The normalized spacial score (nSPS) is 25.4. The maximum atomic E-state index is 5.69. The molecule has 0 spiro atoms. The van der Waals surface area contributed by atoms with Crippen molar-refractivity contribution in [3.63, 3.8) is 0 Å². The molecule has 0 amide bonds. The molecule has 1 saturated heterocycles. The highest BCUT2D eigenvalue weighted by Gasteiger charge is 2.05. The van der Waals surface area contributed by atoms with Gasteiger partial charge >= 0.3 is 0 Å². The maximum absolute atomic E-state index is 5.69. The molecule has 0 bridgehead atoms. The summed E-state index contributed by atoms with van der Waals surface area (Å²) >= 11 is 0. The van der Waals surface area contributed by atoms with Crippen molar-refractivity contribution in [3.05, 3.63) is 18.4 Å². The van der Waals surface area contributed by atoms with Crippen molar-refractivity contribution in [1.82, 2.24) is 0 Å². The smallest absolute Gasteiger partial charge is 0.0466 e. The first kappa shape index (κ1) is 16.5. The number of allylic oxidation sites excluding steroid dienone is 1. The highest BCUT2D eigenvalue weighted by molar-refractivity contribution is 4.84. The van der Waals surface area contributed by atoms with Crippen LogP contribution in [0.3, 0.4) is 0 Å². The van der Waals surface area contributed by atoms with Crippen LogP contribution in [0.4, 0.5) is 0 Å². The van der Waals surface area contributed by atoms with Gasteiger partial charge in [-0.05, 0) is 37.7 Å². The van der Waals surface area contributed by atoms with Gasteiger partial charge in [-0.3, -0.25) is 0 Å². The van der Waals surface area contributed by atoms with Gasteiger partial charge in [0.15, 0.2) is 0 Å². The molecule has 0 radical (unpaired) electrons. The molecule has 0 aromatic rings. The van der Waals surface area contributed by atoms with Gasteiger partial charge in [0.25, 0.3) is 0 Å². The van der Waals surface area contributed by atoms with Crippen molar-refractivity contribution in [2.24, 2.45) is 5.92 Å². The molecule has 0 N–H and O–H groups in total. The van der Waals surface area contributed by atoms with Gasteiger partial charge < -0.3 is 4.74 Å². The van der Waals surface area contributed by atoms with Gasteiger partial charge in [0, 0.05) is 13.2 Å². The molecule has 1 atom stereocenters. The summed E-state index contributed by atoms with van der Waals surface area (Å²) in [6, 6.07) is 0. The molecule has 1 aliphatic heterocycles. The lowest BCUT2D eigenvalue weighted by atomic mass is 9.95. The molecule has 110 valence electrons. The van der Waals surface area contributed by atoms with E-state index in [1.165, 1.54) is 77.0 Å². The second kappa shape index (κ2) is 12.5. The molecule has 1 unspecified atom stereocenters. The van der Waals surface area contributed by atoms with Gasteiger partial charge in [0.1, 0.15) is 0 Å². The lowest BCUT2D eigenvalue weighted by molar-refractivity contribution is 0.125. The maximum Gasteiger partial charge on any atom is 0.0466 e. The Morgan fingerprint density at radius 3 is 1.84 bits per heavy atom. The summed E-state index contributed by atoms with van der Waals surface area (Å²) in [6.45, 7) is 5.65. The Bertz CT molecular complexity index is 224. The van der Waals surface area contributed by atoms with E-state index in [1.807, 2.05) is 0 Å². The van der Waals surface area contributed by atoms with E-state index in [9.17, 15) is 0 Å². The van der Waals surface area contributed by atoms with Crippen LogP contribution in [0.2, 0.25) is 0 Å². The summed E-state index contributed by atoms with van der Waals surface area (Å²) in [4.78, 5) is 0. The molecule has 19 heavy (non-hydrogen) atoms. The minimum absolute atomic E-state index is 0.699. The van der Waals surface area contributed by atoms with Crippen LogP contribution in [0.15, 0.2) is 18.4 Å². The van der Waals surface area contributed by atoms with Crippen LogP contribution in [0, 0.1) is 5.92 Å². The predicted octanol–water partition coefficient (Wildman–Crippen LogP) is 5.66. The zero-order valence-corrected chi connectivity index (χ0v) is 12.7. The minimum Gasteiger partial charge on any atom is -0.381 e. The molecule has 0 aliphatic carbocycles. The third-order valence-corrected chi connectivity index (χ3v) is 4.08. The van der Waals surface area contributed by atoms with Crippen molar-refractivity contribution >= 4 is 0 Å². The van der Waals surface area contributed by atoms with Crippen LogP contribution in [-0.2, 0) is 4.74 Å². The van der Waals surface area contributed by atoms with Gasteiger partial charge in [0.05, 0.1) is 0 Å². The van der Waals surface area contributed by atoms with Gasteiger partial charge in [-0.25, -0.2) is 0 Å². The molecule has 1 heteroatoms. The van der Waals surface area contributed by atoms with Crippen LogP contribution in [0.1, 0.15) is 77.0 Å². The Balaban J connectivity index is 2.24. The van der Waals surface area contributed by atoms with E-state index >= 15 is 0 Å². The third kappa shape index (κ3) is 9.99. The monoisotopic (exact) mass is 264 g/mol. The van der Waals surface area contributed by atoms with Gasteiger partial charge in [-0.15, -0.1) is 5.73 Å². The Kier molecular flexibility index (Phi) is 10.9. The van der Waals surface area contributed by atoms with Crippen molar-refractivity contribution in [2.75, 3.05) is 13.2 Å². The van der Waals surface area contributed by atoms with Crippen LogP contribution in [-0.4, -0.2) is 13.2 Å². The minimum atomic E-state index is 0.699. The Labute approximate surface area is 120 Å². The summed E-state index contributed by atoms with van der Waals surface area (Å²) < 4.78 is 5.69. The molecule has 1 heterocycles. The summed E-state index contributed by atoms with van der Waals surface area (Å²) in [5.74, 6) is 0.699. The highest BCUT2D eigenvalue weighted by Crippen LogP contribution is 2.19. The topological polar surface area (TPSA) is 9.23 Å². The third-order valence-electron chi connectivity index (χ3n) is 4.08. The van der Waals surface area contributed by atoms with Gasteiger partial charge in [-0.2, -0.15) is 0 Å². The van der Waals surface area contributed by atoms with Gasteiger partial charge in [0.2, 0.25) is 0 Å². The SMILES string of the molecule is C=C=CC1CCCCCCCCCCOCCCC1. The van der Waals surface area contributed by atoms with Crippen molar-refractivity contribution in [2.45, 2.75) is 77.0 Å². The molecule has 1 fully saturated rings. The lowest BCUT2D eigenvalue weighted by Gasteiger charge is -2.12. The van der Waals surface area contributed by atoms with E-state index in [-0.39, 0.29) is 0 Å². The summed E-state index contributed by atoms with van der Waals surface area (Å²) in [5, 5.41) is 0. The molecule has 1 aliphatic rings. The molecular weight excluding hydrogens is 232 g/mol. The fourth-order valence-corrected chi connectivity index (χ4v) is 2.86. The molecular formula is C18H32O. The van der Waals surface area contributed by atoms with E-state index in [0.29, 0.717) is 5.92 Å². The van der Waals surface area contributed by atoms with E-state index in [4.69, 9.17) is 4.74 Å². The van der Waals surface area contributed by atoms with Crippen LogP contribution in [0.25, 0.3) is 0 Å². The summed E-state index contributed by atoms with van der Waals surface area (Å²) in [5.41, 5.74) is 2.98. The number of ether oxygens (including phenoxy) is 1. The number of hydrogen-bond donors (Lipinski definition) is 0. The van der Waals surface area contributed by atoms with Crippen molar-refractivity contribution in [1.29, 1.82) is 0 Å². The average molecular weight is 264 g/mol. The second-order valence-electron chi connectivity index (χ2n) is 5.86. The summed E-state index contributed by atoms with van der Waals surface area (Å²) in [7, 11) is 0. The molecule has 0 saturated carbocycles. The van der Waals surface area contributed by atoms with Crippen LogP contribution in [0.5, 0.6) is 0 Å². The number of rotatable bonds is 1. The van der Waals surface area contributed by atoms with E-state index < -0.39 is 0 Å². The van der Waals surface area contributed by atoms with Crippen molar-refractivity contribution < 1.29 is 4.74 Å². The first-order valence-corrected chi connectivity index (χ1v) is 8.37. The fourth-order valence-electron chi connectivity index (χ4n) is 2.86. The van der Waals surface area contributed by atoms with Crippen molar-refractivity contribution in [3.8, 4) is 0 Å². The summed E-state index contributed by atoms with van der Waals surface area (Å²) in [6.07, 6.45) is 18.3. The zero-order chi connectivity index (χ0) is 13.6. The van der Waals surface area contributed by atoms with E-state index in [1.54, 1.807) is 0 Å². The Hall–Kier alpha value is -0.520. The Morgan fingerprint density at radius 1 is 0.737 bits per heavy atom. The largest absolute Gasteiger partial charge is 0.381 e. The zero-order valence-electron chi connectivity index (χ0n) is 12.7. The fraction of sp³-hybridized carbons (Fsp3) is 0.833. The molecule has 0 aromatic heterocycles. The van der Waals surface area contributed by atoms with E-state index in [0.717, 1.165) is 13.2 Å². The average Bonchev–Trinajstić information content (AvgIpc) is 2.41.